The highest BCUT2D eigenvalue weighted by molar-refractivity contribution is 5.92. The normalized spacial score (nSPS) is 11.0. The Morgan fingerprint density at radius 3 is 2.60 bits per heavy atom. The lowest BCUT2D eigenvalue weighted by atomic mass is 10.0. The van der Waals surface area contributed by atoms with Crippen LogP contribution in [-0.4, -0.2) is 34.1 Å². The molecule has 0 aliphatic rings. The maximum Gasteiger partial charge on any atom is 0.216 e. The third-order valence-corrected chi connectivity index (χ3v) is 4.92. The highest BCUT2D eigenvalue weighted by atomic mass is 16.3. The molecule has 4 N–H and O–H groups in total. The van der Waals surface area contributed by atoms with E-state index in [9.17, 15) is 9.90 Å². The molecule has 0 bridgehead atoms. The minimum Gasteiger partial charge on any atom is -0.505 e. The fraction of sp³-hybridized carbons (Fsp3) is 0.167. The number of hydrogen-bond donors (Lipinski definition) is 4. The van der Waals surface area contributed by atoms with E-state index in [0.29, 0.717) is 31.0 Å². The van der Waals surface area contributed by atoms with Crippen molar-refractivity contribution in [3.05, 3.63) is 72.3 Å². The molecule has 6 nitrogen and oxygen atoms in total. The van der Waals surface area contributed by atoms with Gasteiger partial charge in [-0.05, 0) is 29.3 Å². The number of carbonyl (C=O) groups is 1. The number of amides is 1. The van der Waals surface area contributed by atoms with Crippen LogP contribution in [0.4, 0.5) is 0 Å². The van der Waals surface area contributed by atoms with E-state index in [0.717, 1.165) is 27.8 Å². The summed E-state index contributed by atoms with van der Waals surface area (Å²) in [6.07, 6.45) is 0. The third-order valence-electron chi connectivity index (χ3n) is 4.92. The lowest BCUT2D eigenvalue weighted by molar-refractivity contribution is -0.118. The van der Waals surface area contributed by atoms with Crippen LogP contribution in [0.3, 0.4) is 0 Å². The number of aromatic nitrogens is 2. The summed E-state index contributed by atoms with van der Waals surface area (Å²) in [5.41, 5.74) is 5.14. The van der Waals surface area contributed by atoms with E-state index in [1.165, 1.54) is 6.92 Å². The van der Waals surface area contributed by atoms with Gasteiger partial charge in [0.1, 0.15) is 11.3 Å². The maximum atomic E-state index is 10.9. The van der Waals surface area contributed by atoms with Gasteiger partial charge >= 0.3 is 0 Å². The Hall–Kier alpha value is -3.64. The van der Waals surface area contributed by atoms with Crippen molar-refractivity contribution >= 4 is 16.9 Å². The van der Waals surface area contributed by atoms with Gasteiger partial charge in [-0.1, -0.05) is 48.5 Å². The highest BCUT2D eigenvalue weighted by Crippen LogP contribution is 2.35. The molecule has 30 heavy (non-hydrogen) atoms. The smallest absolute Gasteiger partial charge is 0.216 e. The largest absolute Gasteiger partial charge is 0.505 e. The SMILES string of the molecule is CC(=O)NCCNCc1cccc(-c2nc3c(O)c(-c4ccccc4)ccc3[nH]2)c1. The molecule has 1 amide bonds. The van der Waals surface area contributed by atoms with Gasteiger partial charge in [-0.15, -0.1) is 0 Å². The summed E-state index contributed by atoms with van der Waals surface area (Å²) in [6.45, 7) is 3.50. The molecule has 0 unspecified atom stereocenters. The van der Waals surface area contributed by atoms with E-state index in [1.54, 1.807) is 0 Å². The van der Waals surface area contributed by atoms with E-state index in [4.69, 9.17) is 0 Å². The molecule has 0 aliphatic carbocycles. The number of nitrogens with zero attached hydrogens (tertiary/aromatic N) is 1. The second-order valence-electron chi connectivity index (χ2n) is 7.17. The van der Waals surface area contributed by atoms with Gasteiger partial charge in [-0.3, -0.25) is 4.79 Å². The van der Waals surface area contributed by atoms with E-state index in [2.05, 4.69) is 26.7 Å². The Morgan fingerprint density at radius 2 is 1.80 bits per heavy atom. The third kappa shape index (κ3) is 4.34. The van der Waals surface area contributed by atoms with E-state index in [1.807, 2.05) is 60.7 Å². The van der Waals surface area contributed by atoms with Crippen molar-refractivity contribution in [2.45, 2.75) is 13.5 Å². The molecule has 4 rings (SSSR count). The number of nitrogens with one attached hydrogen (secondary N) is 3. The Labute approximate surface area is 175 Å². The zero-order chi connectivity index (χ0) is 20.9. The molecule has 0 atom stereocenters. The molecule has 0 saturated heterocycles. The average molecular weight is 400 g/mol. The minimum atomic E-state index is -0.0256. The highest BCUT2D eigenvalue weighted by Gasteiger charge is 2.13. The van der Waals surface area contributed by atoms with Gasteiger partial charge in [0.05, 0.1) is 5.52 Å². The number of phenolic OH excluding ortho intramolecular Hbond substituents is 1. The number of fused-ring (bicyclic) bond motifs is 1. The van der Waals surface area contributed by atoms with Crippen LogP contribution in [0.2, 0.25) is 0 Å². The van der Waals surface area contributed by atoms with Crippen LogP contribution in [0.1, 0.15) is 12.5 Å². The summed E-state index contributed by atoms with van der Waals surface area (Å²) in [7, 11) is 0. The number of H-pyrrole nitrogens is 1. The number of phenols is 1. The first-order valence-electron chi connectivity index (χ1n) is 9.93. The number of rotatable bonds is 7. The monoisotopic (exact) mass is 400 g/mol. The van der Waals surface area contributed by atoms with Gasteiger partial charge in [0.25, 0.3) is 0 Å². The Kier molecular flexibility index (Phi) is 5.77. The number of imidazole rings is 1. The molecule has 3 aromatic carbocycles. The van der Waals surface area contributed by atoms with Crippen molar-refractivity contribution in [1.29, 1.82) is 0 Å². The molecular formula is C24H24N4O2. The van der Waals surface area contributed by atoms with Crippen LogP contribution in [0.5, 0.6) is 5.75 Å². The molecule has 0 aliphatic heterocycles. The summed E-state index contributed by atoms with van der Waals surface area (Å²) in [5, 5.41) is 16.9. The second-order valence-corrected chi connectivity index (χ2v) is 7.17. The number of aromatic hydroxyl groups is 1. The first kappa shape index (κ1) is 19.7. The quantitative estimate of drug-likeness (QED) is 0.355. The van der Waals surface area contributed by atoms with Crippen LogP contribution in [0.25, 0.3) is 33.5 Å². The fourth-order valence-corrected chi connectivity index (χ4v) is 3.44. The van der Waals surface area contributed by atoms with Crippen LogP contribution in [0.15, 0.2) is 66.7 Å². The van der Waals surface area contributed by atoms with Crippen molar-refractivity contribution in [3.8, 4) is 28.3 Å². The lowest BCUT2D eigenvalue weighted by Gasteiger charge is -2.06. The standard InChI is InChI=1S/C24H24N4O2/c1-16(29)26-13-12-25-15-17-6-5-9-19(14-17)24-27-21-11-10-20(23(30)22(21)28-24)18-7-3-2-4-8-18/h2-11,14,25,30H,12-13,15H2,1H3,(H,26,29)(H,27,28). The minimum absolute atomic E-state index is 0.0256. The molecule has 0 saturated carbocycles. The van der Waals surface area contributed by atoms with E-state index >= 15 is 0 Å². The van der Waals surface area contributed by atoms with Crippen molar-refractivity contribution in [2.75, 3.05) is 13.1 Å². The molecular weight excluding hydrogens is 376 g/mol. The van der Waals surface area contributed by atoms with Crippen LogP contribution >= 0.6 is 0 Å². The van der Waals surface area contributed by atoms with Gasteiger partial charge in [0.2, 0.25) is 5.91 Å². The summed E-state index contributed by atoms with van der Waals surface area (Å²) in [6, 6.07) is 21.7. The maximum absolute atomic E-state index is 10.9. The Bertz CT molecular complexity index is 1170. The molecule has 1 heterocycles. The predicted molar refractivity (Wildman–Crippen MR) is 119 cm³/mol. The number of benzene rings is 3. The molecule has 0 spiro atoms. The average Bonchev–Trinajstić information content (AvgIpc) is 3.20. The van der Waals surface area contributed by atoms with E-state index in [-0.39, 0.29) is 11.7 Å². The summed E-state index contributed by atoms with van der Waals surface area (Å²) >= 11 is 0. The zero-order valence-electron chi connectivity index (χ0n) is 16.8. The number of aromatic amines is 1. The zero-order valence-corrected chi connectivity index (χ0v) is 16.8. The molecule has 0 radical (unpaired) electrons. The second kappa shape index (κ2) is 8.80. The summed E-state index contributed by atoms with van der Waals surface area (Å²) < 4.78 is 0. The Balaban J connectivity index is 1.55. The van der Waals surface area contributed by atoms with Gasteiger partial charge < -0.3 is 20.7 Å². The molecule has 6 heteroatoms. The van der Waals surface area contributed by atoms with Gasteiger partial charge in [0, 0.05) is 37.7 Å². The summed E-state index contributed by atoms with van der Waals surface area (Å²) in [5.74, 6) is 0.866. The van der Waals surface area contributed by atoms with Gasteiger partial charge in [-0.25, -0.2) is 4.98 Å². The number of hydrogen-bond acceptors (Lipinski definition) is 4. The first-order chi connectivity index (χ1) is 14.6. The summed E-state index contributed by atoms with van der Waals surface area (Å²) in [4.78, 5) is 18.9. The molecule has 4 aromatic rings. The topological polar surface area (TPSA) is 90.0 Å². The van der Waals surface area contributed by atoms with Gasteiger partial charge in [-0.2, -0.15) is 0 Å². The first-order valence-corrected chi connectivity index (χ1v) is 9.93. The van der Waals surface area contributed by atoms with Crippen molar-refractivity contribution < 1.29 is 9.90 Å². The predicted octanol–water partition coefficient (Wildman–Crippen LogP) is 3.83. The fourth-order valence-electron chi connectivity index (χ4n) is 3.44. The molecule has 0 fully saturated rings. The van der Waals surface area contributed by atoms with Crippen LogP contribution < -0.4 is 10.6 Å². The Morgan fingerprint density at radius 1 is 1.00 bits per heavy atom. The van der Waals surface area contributed by atoms with Crippen molar-refractivity contribution in [2.24, 2.45) is 0 Å². The lowest BCUT2D eigenvalue weighted by Crippen LogP contribution is -2.29. The number of carbonyl (C=O) groups excluding carboxylic acids is 1. The van der Waals surface area contributed by atoms with Crippen LogP contribution in [-0.2, 0) is 11.3 Å². The van der Waals surface area contributed by atoms with Crippen LogP contribution in [0, 0.1) is 0 Å². The molecule has 152 valence electrons. The van der Waals surface area contributed by atoms with Crippen molar-refractivity contribution in [1.82, 2.24) is 20.6 Å². The van der Waals surface area contributed by atoms with E-state index < -0.39 is 0 Å². The molecule has 1 aromatic heterocycles. The van der Waals surface area contributed by atoms with Gasteiger partial charge in [0.15, 0.2) is 5.75 Å². The van der Waals surface area contributed by atoms with Crippen molar-refractivity contribution in [3.63, 3.8) is 0 Å².